The van der Waals surface area contributed by atoms with E-state index in [0.29, 0.717) is 13.0 Å². The van der Waals surface area contributed by atoms with Crippen LogP contribution in [0.5, 0.6) is 0 Å². The summed E-state index contributed by atoms with van der Waals surface area (Å²) < 4.78 is 1.28. The molecule has 3 aromatic rings. The maximum absolute atomic E-state index is 13.0. The molecule has 29 heavy (non-hydrogen) atoms. The van der Waals surface area contributed by atoms with E-state index in [2.05, 4.69) is 4.98 Å². The highest BCUT2D eigenvalue weighted by Gasteiger charge is 2.23. The van der Waals surface area contributed by atoms with Gasteiger partial charge in [-0.05, 0) is 17.5 Å². The fourth-order valence-electron chi connectivity index (χ4n) is 3.21. The molecule has 3 rings (SSSR count). The second-order valence-corrected chi connectivity index (χ2v) is 6.77. The summed E-state index contributed by atoms with van der Waals surface area (Å²) in [5, 5.41) is 0. The quantitative estimate of drug-likeness (QED) is 0.643. The van der Waals surface area contributed by atoms with E-state index < -0.39 is 11.2 Å². The summed E-state index contributed by atoms with van der Waals surface area (Å²) in [5.74, 6) is -0.266. The lowest BCUT2D eigenvalue weighted by molar-refractivity contribution is -0.118. The predicted octanol–water partition coefficient (Wildman–Crippen LogP) is 2.15. The van der Waals surface area contributed by atoms with Crippen molar-refractivity contribution in [3.05, 3.63) is 92.6 Å². The van der Waals surface area contributed by atoms with Crippen molar-refractivity contribution in [1.82, 2.24) is 9.55 Å². The lowest BCUT2D eigenvalue weighted by atomic mass is 10.1. The second-order valence-electron chi connectivity index (χ2n) is 6.77. The van der Waals surface area contributed by atoms with Crippen LogP contribution in [0.3, 0.4) is 0 Å². The van der Waals surface area contributed by atoms with E-state index in [1.54, 1.807) is 0 Å². The Morgan fingerprint density at radius 1 is 1.00 bits per heavy atom. The van der Waals surface area contributed by atoms with Gasteiger partial charge in [0.2, 0.25) is 5.91 Å². The van der Waals surface area contributed by atoms with Crippen molar-refractivity contribution in [2.45, 2.75) is 26.3 Å². The molecule has 0 aliphatic heterocycles. The van der Waals surface area contributed by atoms with E-state index in [9.17, 15) is 14.4 Å². The molecule has 0 saturated heterocycles. The summed E-state index contributed by atoms with van der Waals surface area (Å²) >= 11 is 0. The van der Waals surface area contributed by atoms with E-state index in [-0.39, 0.29) is 30.4 Å². The molecule has 0 aliphatic carbocycles. The largest absolute Gasteiger partial charge is 0.383 e. The van der Waals surface area contributed by atoms with Gasteiger partial charge >= 0.3 is 5.69 Å². The number of nitrogens with two attached hydrogens (primary N) is 1. The molecular weight excluding hydrogens is 368 g/mol. The number of anilines is 2. The van der Waals surface area contributed by atoms with Crippen LogP contribution in [-0.2, 0) is 17.8 Å². The zero-order valence-corrected chi connectivity index (χ0v) is 16.3. The first-order valence-electron chi connectivity index (χ1n) is 9.52. The molecule has 1 heterocycles. The molecule has 7 heteroatoms. The maximum Gasteiger partial charge on any atom is 0.330 e. The van der Waals surface area contributed by atoms with Gasteiger partial charge < -0.3 is 10.6 Å². The fraction of sp³-hybridized carbons (Fsp3) is 0.227. The summed E-state index contributed by atoms with van der Waals surface area (Å²) in [7, 11) is 0. The third-order valence-corrected chi connectivity index (χ3v) is 4.61. The third kappa shape index (κ3) is 4.63. The molecule has 1 amide bonds. The van der Waals surface area contributed by atoms with Crippen LogP contribution in [0.1, 0.15) is 24.5 Å². The summed E-state index contributed by atoms with van der Waals surface area (Å²) in [6, 6.07) is 18.6. The molecule has 0 radical (unpaired) electrons. The third-order valence-electron chi connectivity index (χ3n) is 4.61. The molecule has 7 nitrogen and oxygen atoms in total. The average molecular weight is 392 g/mol. The lowest BCUT2D eigenvalue weighted by Gasteiger charge is -2.24. The topological polar surface area (TPSA) is 101 Å². The number of aromatic amines is 1. The van der Waals surface area contributed by atoms with Gasteiger partial charge in [0, 0.05) is 6.54 Å². The van der Waals surface area contributed by atoms with Gasteiger partial charge in [0.25, 0.3) is 5.56 Å². The number of hydrogen-bond donors (Lipinski definition) is 2. The van der Waals surface area contributed by atoms with Crippen LogP contribution in [0.15, 0.2) is 70.3 Å². The van der Waals surface area contributed by atoms with Crippen molar-refractivity contribution in [2.24, 2.45) is 0 Å². The number of carbonyl (C=O) groups excluding carboxylic acids is 1. The standard InChI is InChI=1S/C22H24N4O3/c1-2-13-25(18(27)14-16-9-5-3-6-10-16)19-20(23)26(22(29)24-21(19)28)15-17-11-7-4-8-12-17/h3-12H,2,13-15,23H2,1H3,(H,24,28,29). The van der Waals surface area contributed by atoms with Crippen LogP contribution >= 0.6 is 0 Å². The van der Waals surface area contributed by atoms with Gasteiger partial charge in [-0.1, -0.05) is 67.6 Å². The smallest absolute Gasteiger partial charge is 0.330 e. The zero-order valence-electron chi connectivity index (χ0n) is 16.3. The van der Waals surface area contributed by atoms with Crippen LogP contribution in [0.25, 0.3) is 0 Å². The molecule has 0 aliphatic rings. The molecule has 0 atom stereocenters. The SMILES string of the molecule is CCCN(C(=O)Cc1ccccc1)c1c(N)n(Cc2ccccc2)c(=O)[nH]c1=O. The van der Waals surface area contributed by atoms with Crippen LogP contribution in [0.2, 0.25) is 0 Å². The van der Waals surface area contributed by atoms with Gasteiger partial charge in [0.05, 0.1) is 13.0 Å². The highest BCUT2D eigenvalue weighted by Crippen LogP contribution is 2.19. The van der Waals surface area contributed by atoms with Crippen LogP contribution < -0.4 is 21.9 Å². The molecule has 0 unspecified atom stereocenters. The van der Waals surface area contributed by atoms with E-state index in [1.165, 1.54) is 9.47 Å². The Hall–Kier alpha value is -3.61. The molecule has 0 bridgehead atoms. The van der Waals surface area contributed by atoms with Gasteiger partial charge in [0.1, 0.15) is 5.82 Å². The Kier molecular flexibility index (Phi) is 6.29. The minimum Gasteiger partial charge on any atom is -0.383 e. The van der Waals surface area contributed by atoms with Crippen molar-refractivity contribution in [3.63, 3.8) is 0 Å². The first-order valence-corrected chi connectivity index (χ1v) is 9.52. The Morgan fingerprint density at radius 2 is 1.59 bits per heavy atom. The van der Waals surface area contributed by atoms with Gasteiger partial charge in [-0.2, -0.15) is 0 Å². The number of benzene rings is 2. The zero-order chi connectivity index (χ0) is 20.8. The minimum absolute atomic E-state index is 0.0162. The number of rotatable bonds is 7. The Bertz CT molecular complexity index is 1090. The number of nitrogen functional groups attached to an aromatic ring is 1. The van der Waals surface area contributed by atoms with E-state index in [1.807, 2.05) is 67.6 Å². The average Bonchev–Trinajstić information content (AvgIpc) is 2.72. The molecule has 0 saturated carbocycles. The molecule has 0 spiro atoms. The predicted molar refractivity (Wildman–Crippen MR) is 114 cm³/mol. The normalized spacial score (nSPS) is 10.7. The highest BCUT2D eigenvalue weighted by atomic mass is 16.2. The van der Waals surface area contributed by atoms with Crippen molar-refractivity contribution in [2.75, 3.05) is 17.2 Å². The van der Waals surface area contributed by atoms with Crippen LogP contribution in [0.4, 0.5) is 11.5 Å². The summed E-state index contributed by atoms with van der Waals surface area (Å²) in [6.45, 7) is 2.43. The van der Waals surface area contributed by atoms with Crippen molar-refractivity contribution in [3.8, 4) is 0 Å². The van der Waals surface area contributed by atoms with Crippen LogP contribution in [-0.4, -0.2) is 22.0 Å². The van der Waals surface area contributed by atoms with E-state index >= 15 is 0 Å². The van der Waals surface area contributed by atoms with E-state index in [0.717, 1.165) is 11.1 Å². The van der Waals surface area contributed by atoms with Gasteiger partial charge in [-0.25, -0.2) is 4.79 Å². The summed E-state index contributed by atoms with van der Waals surface area (Å²) in [4.78, 5) is 41.7. The number of aromatic nitrogens is 2. The molecule has 1 aromatic heterocycles. The highest BCUT2D eigenvalue weighted by molar-refractivity contribution is 5.96. The minimum atomic E-state index is -0.660. The number of amides is 1. The first kappa shape index (κ1) is 20.1. The number of nitrogens with one attached hydrogen (secondary N) is 1. The second kappa shape index (κ2) is 9.05. The number of nitrogens with zero attached hydrogens (tertiary/aromatic N) is 2. The Balaban J connectivity index is 2.01. The Labute approximate surface area is 168 Å². The number of hydrogen-bond acceptors (Lipinski definition) is 4. The fourth-order valence-corrected chi connectivity index (χ4v) is 3.21. The van der Waals surface area contributed by atoms with Gasteiger partial charge in [-0.15, -0.1) is 0 Å². The van der Waals surface area contributed by atoms with Crippen molar-refractivity contribution < 1.29 is 4.79 Å². The number of H-pyrrole nitrogens is 1. The van der Waals surface area contributed by atoms with Crippen LogP contribution in [0, 0.1) is 0 Å². The van der Waals surface area contributed by atoms with Gasteiger partial charge in [-0.3, -0.25) is 19.1 Å². The first-order chi connectivity index (χ1) is 14.0. The molecule has 2 aromatic carbocycles. The molecule has 150 valence electrons. The van der Waals surface area contributed by atoms with Gasteiger partial charge in [0.15, 0.2) is 5.69 Å². The summed E-state index contributed by atoms with van der Waals surface area (Å²) in [5.41, 5.74) is 6.69. The molecule has 3 N–H and O–H groups in total. The van der Waals surface area contributed by atoms with Crippen molar-refractivity contribution >= 4 is 17.4 Å². The Morgan fingerprint density at radius 3 is 2.17 bits per heavy atom. The monoisotopic (exact) mass is 392 g/mol. The molecular formula is C22H24N4O3. The number of carbonyl (C=O) groups is 1. The molecule has 0 fully saturated rings. The van der Waals surface area contributed by atoms with Crippen molar-refractivity contribution in [1.29, 1.82) is 0 Å². The summed E-state index contributed by atoms with van der Waals surface area (Å²) in [6.07, 6.45) is 0.773. The van der Waals surface area contributed by atoms with E-state index in [4.69, 9.17) is 5.73 Å². The maximum atomic E-state index is 13.0. The lowest BCUT2D eigenvalue weighted by Crippen LogP contribution is -2.42.